The van der Waals surface area contributed by atoms with E-state index in [2.05, 4.69) is 15.8 Å². The molecule has 110 valence electrons. The quantitative estimate of drug-likeness (QED) is 0.586. The highest BCUT2D eigenvalue weighted by atomic mass is 35.5. The monoisotopic (exact) mass is 309 g/mol. The second-order valence-corrected chi connectivity index (χ2v) is 4.75. The summed E-state index contributed by atoms with van der Waals surface area (Å²) in [5.41, 5.74) is 5.85. The lowest BCUT2D eigenvalue weighted by atomic mass is 10.1. The number of nitrogens with zero attached hydrogens (tertiary/aromatic N) is 1. The minimum absolute atomic E-state index is 0.137. The minimum atomic E-state index is -0.946. The number of pyridine rings is 1. The van der Waals surface area contributed by atoms with Gasteiger partial charge in [0.05, 0.1) is 18.2 Å². The number of hydrogen-bond donors (Lipinski definition) is 3. The van der Waals surface area contributed by atoms with Crippen LogP contribution in [0.15, 0.2) is 42.6 Å². The van der Waals surface area contributed by atoms with Gasteiger partial charge in [0.2, 0.25) is 11.9 Å². The number of carbonyl (C=O) groups is 1. The lowest BCUT2D eigenvalue weighted by Gasteiger charge is -2.12. The fourth-order valence-corrected chi connectivity index (χ4v) is 1.78. The van der Waals surface area contributed by atoms with E-state index < -0.39 is 18.0 Å². The van der Waals surface area contributed by atoms with Crippen LogP contribution in [0, 0.1) is 5.95 Å². The van der Waals surface area contributed by atoms with Crippen molar-refractivity contribution in [2.75, 3.05) is 5.43 Å². The summed E-state index contributed by atoms with van der Waals surface area (Å²) >= 11 is 5.75. The van der Waals surface area contributed by atoms with Crippen molar-refractivity contribution >= 4 is 23.2 Å². The first-order valence-corrected chi connectivity index (χ1v) is 6.52. The number of anilines is 1. The molecule has 1 aromatic heterocycles. The van der Waals surface area contributed by atoms with E-state index in [1.54, 1.807) is 24.3 Å². The van der Waals surface area contributed by atoms with Crippen molar-refractivity contribution in [1.82, 2.24) is 10.4 Å². The molecule has 0 aliphatic carbocycles. The smallest absolute Gasteiger partial charge is 0.241 e. The van der Waals surface area contributed by atoms with Gasteiger partial charge in [-0.3, -0.25) is 15.6 Å². The molecule has 21 heavy (non-hydrogen) atoms. The summed E-state index contributed by atoms with van der Waals surface area (Å²) in [7, 11) is 0. The molecule has 1 heterocycles. The summed E-state index contributed by atoms with van der Waals surface area (Å²) in [4.78, 5) is 15.1. The van der Waals surface area contributed by atoms with Gasteiger partial charge in [-0.2, -0.15) is 4.39 Å². The maximum atomic E-state index is 12.8. The topological polar surface area (TPSA) is 74.2 Å². The third kappa shape index (κ3) is 4.70. The third-order valence-corrected chi connectivity index (χ3v) is 2.96. The Balaban J connectivity index is 1.85. The Kier molecular flexibility index (Phi) is 5.08. The molecule has 1 unspecified atom stereocenters. The van der Waals surface area contributed by atoms with E-state index in [9.17, 15) is 14.3 Å². The molecule has 0 saturated carbocycles. The van der Waals surface area contributed by atoms with E-state index in [0.717, 1.165) is 6.07 Å². The van der Waals surface area contributed by atoms with Crippen molar-refractivity contribution < 1.29 is 14.3 Å². The van der Waals surface area contributed by atoms with Gasteiger partial charge in [0, 0.05) is 17.3 Å². The van der Waals surface area contributed by atoms with Crippen molar-refractivity contribution in [3.8, 4) is 0 Å². The Bertz CT molecular complexity index is 622. The Hall–Kier alpha value is -2.18. The number of carbonyl (C=O) groups excluding carboxylic acids is 1. The molecule has 0 spiro atoms. The van der Waals surface area contributed by atoms with Gasteiger partial charge in [-0.15, -0.1) is 0 Å². The summed E-state index contributed by atoms with van der Waals surface area (Å²) in [5.74, 6) is -1.09. The number of hydrazine groups is 1. The van der Waals surface area contributed by atoms with E-state index in [0.29, 0.717) is 16.3 Å². The van der Waals surface area contributed by atoms with Gasteiger partial charge in [-0.05, 0) is 23.8 Å². The number of benzene rings is 1. The molecule has 2 aromatic rings. The molecule has 5 nitrogen and oxygen atoms in total. The Morgan fingerprint density at radius 1 is 1.33 bits per heavy atom. The van der Waals surface area contributed by atoms with Gasteiger partial charge >= 0.3 is 0 Å². The normalized spacial score (nSPS) is 11.8. The first-order chi connectivity index (χ1) is 10.0. The van der Waals surface area contributed by atoms with Crippen molar-refractivity contribution in [2.45, 2.75) is 12.5 Å². The maximum Gasteiger partial charge on any atom is 0.241 e. The van der Waals surface area contributed by atoms with Gasteiger partial charge in [0.15, 0.2) is 0 Å². The molecule has 3 N–H and O–H groups in total. The SMILES string of the molecule is O=C(CC(O)c1ccc(Cl)cc1)NNc1ccnc(F)c1. The standard InChI is InChI=1S/C14H13ClFN3O2/c15-10-3-1-9(2-4-10)12(20)8-14(21)19-18-11-5-6-17-13(16)7-11/h1-7,12,20H,8H2,(H,17,18)(H,19,21). The largest absolute Gasteiger partial charge is 0.388 e. The van der Waals surface area contributed by atoms with Gasteiger partial charge < -0.3 is 5.11 Å². The average Bonchev–Trinajstić information content (AvgIpc) is 2.46. The number of rotatable bonds is 5. The van der Waals surface area contributed by atoms with Crippen LogP contribution >= 0.6 is 11.6 Å². The minimum Gasteiger partial charge on any atom is -0.388 e. The first kappa shape index (κ1) is 15.2. The van der Waals surface area contributed by atoms with Crippen LogP contribution < -0.4 is 10.9 Å². The molecule has 0 radical (unpaired) electrons. The predicted molar refractivity (Wildman–Crippen MR) is 77.0 cm³/mol. The zero-order valence-electron chi connectivity index (χ0n) is 10.9. The fourth-order valence-electron chi connectivity index (χ4n) is 1.65. The van der Waals surface area contributed by atoms with E-state index in [1.807, 2.05) is 0 Å². The summed E-state index contributed by atoms with van der Waals surface area (Å²) in [6, 6.07) is 9.19. The molecule has 1 aromatic carbocycles. The van der Waals surface area contributed by atoms with Crippen molar-refractivity contribution in [2.24, 2.45) is 0 Å². The van der Waals surface area contributed by atoms with Gasteiger partial charge in [0.25, 0.3) is 0 Å². The number of nitrogens with one attached hydrogen (secondary N) is 2. The molecule has 0 fully saturated rings. The molecule has 1 atom stereocenters. The van der Waals surface area contributed by atoms with Crippen LogP contribution in [0.1, 0.15) is 18.1 Å². The van der Waals surface area contributed by atoms with Crippen LogP contribution in [0.3, 0.4) is 0 Å². The Morgan fingerprint density at radius 2 is 2.05 bits per heavy atom. The zero-order chi connectivity index (χ0) is 15.2. The predicted octanol–water partition coefficient (Wildman–Crippen LogP) is 2.44. The number of aromatic nitrogens is 1. The summed E-state index contributed by atoms with van der Waals surface area (Å²) < 4.78 is 12.8. The summed E-state index contributed by atoms with van der Waals surface area (Å²) in [6.07, 6.45) is 0.187. The van der Waals surface area contributed by atoms with Gasteiger partial charge in [-0.25, -0.2) is 4.98 Å². The molecule has 1 amide bonds. The summed E-state index contributed by atoms with van der Waals surface area (Å²) in [5, 5.41) is 10.5. The molecule has 0 aliphatic rings. The average molecular weight is 310 g/mol. The first-order valence-electron chi connectivity index (χ1n) is 6.14. The molecule has 7 heteroatoms. The van der Waals surface area contributed by atoms with Crippen molar-refractivity contribution in [3.63, 3.8) is 0 Å². The maximum absolute atomic E-state index is 12.8. The number of amides is 1. The van der Waals surface area contributed by atoms with Crippen LogP contribution in [0.4, 0.5) is 10.1 Å². The second-order valence-electron chi connectivity index (χ2n) is 4.31. The van der Waals surface area contributed by atoms with Crippen LogP contribution in [0.5, 0.6) is 0 Å². The van der Waals surface area contributed by atoms with Crippen LogP contribution in [-0.4, -0.2) is 16.0 Å². The van der Waals surface area contributed by atoms with E-state index in [-0.39, 0.29) is 6.42 Å². The van der Waals surface area contributed by atoms with E-state index >= 15 is 0 Å². The molecular weight excluding hydrogens is 297 g/mol. The van der Waals surface area contributed by atoms with Crippen LogP contribution in [0.2, 0.25) is 5.02 Å². The van der Waals surface area contributed by atoms with Crippen LogP contribution in [0.25, 0.3) is 0 Å². The number of aliphatic hydroxyl groups excluding tert-OH is 1. The molecule has 0 aliphatic heterocycles. The molecule has 2 rings (SSSR count). The summed E-state index contributed by atoms with van der Waals surface area (Å²) in [6.45, 7) is 0. The molecule has 0 saturated heterocycles. The fraction of sp³-hybridized carbons (Fsp3) is 0.143. The number of halogens is 2. The lowest BCUT2D eigenvalue weighted by Crippen LogP contribution is -2.30. The van der Waals surface area contributed by atoms with Crippen molar-refractivity contribution in [1.29, 1.82) is 0 Å². The highest BCUT2D eigenvalue weighted by Gasteiger charge is 2.12. The highest BCUT2D eigenvalue weighted by molar-refractivity contribution is 6.30. The van der Waals surface area contributed by atoms with Gasteiger partial charge in [0.1, 0.15) is 0 Å². The molecule has 0 bridgehead atoms. The van der Waals surface area contributed by atoms with Crippen LogP contribution in [-0.2, 0) is 4.79 Å². The zero-order valence-corrected chi connectivity index (χ0v) is 11.6. The van der Waals surface area contributed by atoms with Crippen molar-refractivity contribution in [3.05, 3.63) is 59.1 Å². The number of hydrogen-bond acceptors (Lipinski definition) is 4. The Labute approximate surface area is 125 Å². The lowest BCUT2D eigenvalue weighted by molar-refractivity contribution is -0.122. The number of aliphatic hydroxyl groups is 1. The second kappa shape index (κ2) is 7.01. The van der Waals surface area contributed by atoms with Gasteiger partial charge in [-0.1, -0.05) is 23.7 Å². The highest BCUT2D eigenvalue weighted by Crippen LogP contribution is 2.19. The Morgan fingerprint density at radius 3 is 2.71 bits per heavy atom. The van der Waals surface area contributed by atoms with E-state index in [1.165, 1.54) is 12.3 Å². The van der Waals surface area contributed by atoms with E-state index in [4.69, 9.17) is 11.6 Å². The third-order valence-electron chi connectivity index (χ3n) is 2.71. The molecular formula is C14H13ClFN3O2.